The summed E-state index contributed by atoms with van der Waals surface area (Å²) in [7, 11) is 0. The summed E-state index contributed by atoms with van der Waals surface area (Å²) >= 11 is 1.86. The van der Waals surface area contributed by atoms with Gasteiger partial charge in [-0.2, -0.15) is 0 Å². The minimum absolute atomic E-state index is 0.221. The van der Waals surface area contributed by atoms with E-state index in [-0.39, 0.29) is 5.41 Å². The molecule has 1 aliphatic heterocycles. The molecular weight excluding hydrogens is 242 g/mol. The molecule has 0 saturated carbocycles. The van der Waals surface area contributed by atoms with Crippen LogP contribution in [0.5, 0.6) is 0 Å². The van der Waals surface area contributed by atoms with Crippen LogP contribution in [0, 0.1) is 0 Å². The first kappa shape index (κ1) is 14.0. The fourth-order valence-electron chi connectivity index (χ4n) is 2.22. The summed E-state index contributed by atoms with van der Waals surface area (Å²) in [6.45, 7) is 14.5. The Hall–Kier alpha value is -0.450. The molecule has 1 aromatic heterocycles. The Morgan fingerprint density at radius 1 is 1.44 bits per heavy atom. The van der Waals surface area contributed by atoms with Crippen molar-refractivity contribution in [2.45, 2.75) is 58.7 Å². The maximum absolute atomic E-state index is 4.59. The van der Waals surface area contributed by atoms with Gasteiger partial charge in [0.1, 0.15) is 5.01 Å². The summed E-state index contributed by atoms with van der Waals surface area (Å²) in [5.41, 5.74) is 0.221. The molecule has 1 saturated heterocycles. The zero-order valence-corrected chi connectivity index (χ0v) is 13.0. The largest absolute Gasteiger partial charge is 0.311 e. The van der Waals surface area contributed by atoms with Crippen LogP contribution in [0.2, 0.25) is 0 Å². The number of aromatic nitrogens is 1. The lowest BCUT2D eigenvalue weighted by atomic mass is 9.96. The van der Waals surface area contributed by atoms with Gasteiger partial charge in [0.2, 0.25) is 0 Å². The number of rotatable bonds is 2. The summed E-state index contributed by atoms with van der Waals surface area (Å²) in [5.74, 6) is 0. The van der Waals surface area contributed by atoms with Crippen LogP contribution in [0.1, 0.15) is 44.5 Å². The molecule has 0 bridgehead atoms. The van der Waals surface area contributed by atoms with Gasteiger partial charge >= 0.3 is 0 Å². The second kappa shape index (κ2) is 5.27. The van der Waals surface area contributed by atoms with Crippen molar-refractivity contribution in [2.75, 3.05) is 13.1 Å². The highest BCUT2D eigenvalue weighted by Crippen LogP contribution is 2.28. The fourth-order valence-corrected chi connectivity index (χ4v) is 3.22. The Balaban J connectivity index is 2.02. The van der Waals surface area contributed by atoms with Crippen LogP contribution >= 0.6 is 11.3 Å². The van der Waals surface area contributed by atoms with Gasteiger partial charge in [0.05, 0.1) is 6.54 Å². The van der Waals surface area contributed by atoms with Gasteiger partial charge in [-0.3, -0.25) is 4.90 Å². The first-order valence-corrected chi connectivity index (χ1v) is 7.60. The van der Waals surface area contributed by atoms with Gasteiger partial charge in [0, 0.05) is 36.2 Å². The van der Waals surface area contributed by atoms with Crippen LogP contribution in [0.3, 0.4) is 0 Å². The fraction of sp³-hybridized carbons (Fsp3) is 0.786. The molecule has 102 valence electrons. The highest BCUT2D eigenvalue weighted by molar-refractivity contribution is 7.11. The molecule has 4 heteroatoms. The topological polar surface area (TPSA) is 28.2 Å². The maximum atomic E-state index is 4.59. The average molecular weight is 267 g/mol. The van der Waals surface area contributed by atoms with Crippen LogP contribution in [0.4, 0.5) is 0 Å². The van der Waals surface area contributed by atoms with Crippen molar-refractivity contribution < 1.29 is 0 Å². The molecule has 0 aromatic carbocycles. The Morgan fingerprint density at radius 3 is 2.78 bits per heavy atom. The summed E-state index contributed by atoms with van der Waals surface area (Å²) in [5, 5.41) is 4.77. The lowest BCUT2D eigenvalue weighted by molar-refractivity contribution is 0.138. The van der Waals surface area contributed by atoms with Gasteiger partial charge in [-0.1, -0.05) is 20.8 Å². The monoisotopic (exact) mass is 267 g/mol. The van der Waals surface area contributed by atoms with Crippen molar-refractivity contribution in [3.05, 3.63) is 16.1 Å². The molecule has 0 spiro atoms. The zero-order chi connectivity index (χ0) is 13.3. The van der Waals surface area contributed by atoms with Crippen LogP contribution in [-0.2, 0) is 12.0 Å². The Bertz CT molecular complexity index is 394. The van der Waals surface area contributed by atoms with E-state index in [0.717, 1.165) is 19.6 Å². The molecule has 1 aliphatic rings. The van der Waals surface area contributed by atoms with Crippen molar-refractivity contribution in [1.82, 2.24) is 15.2 Å². The second-order valence-corrected chi connectivity index (χ2v) is 7.57. The van der Waals surface area contributed by atoms with Crippen molar-refractivity contribution >= 4 is 11.3 Å². The SMILES string of the molecule is CC1CN(Cc2ncc(C(C)(C)C)s2)C(C)CN1. The Morgan fingerprint density at radius 2 is 2.17 bits per heavy atom. The van der Waals surface area contributed by atoms with Gasteiger partial charge in [-0.15, -0.1) is 11.3 Å². The molecule has 0 radical (unpaired) electrons. The Labute approximate surface area is 115 Å². The predicted molar refractivity (Wildman–Crippen MR) is 78.2 cm³/mol. The molecule has 3 nitrogen and oxygen atoms in total. The number of nitrogens with one attached hydrogen (secondary N) is 1. The van der Waals surface area contributed by atoms with Crippen LogP contribution in [-0.4, -0.2) is 35.1 Å². The molecule has 1 N–H and O–H groups in total. The molecule has 2 rings (SSSR count). The Kier molecular flexibility index (Phi) is 4.09. The summed E-state index contributed by atoms with van der Waals surface area (Å²) in [4.78, 5) is 8.51. The predicted octanol–water partition coefficient (Wildman–Crippen LogP) is 2.62. The van der Waals surface area contributed by atoms with Gasteiger partial charge in [-0.25, -0.2) is 4.98 Å². The number of piperazine rings is 1. The number of nitrogens with zero attached hydrogens (tertiary/aromatic N) is 2. The second-order valence-electron chi connectivity index (χ2n) is 6.46. The van der Waals surface area contributed by atoms with Crippen molar-refractivity contribution in [3.63, 3.8) is 0 Å². The number of hydrogen-bond acceptors (Lipinski definition) is 4. The van der Waals surface area contributed by atoms with Crippen LogP contribution in [0.15, 0.2) is 6.20 Å². The smallest absolute Gasteiger partial charge is 0.107 e. The van der Waals surface area contributed by atoms with Gasteiger partial charge < -0.3 is 5.32 Å². The summed E-state index contributed by atoms with van der Waals surface area (Å²) < 4.78 is 0. The van der Waals surface area contributed by atoms with E-state index < -0.39 is 0 Å². The lowest BCUT2D eigenvalue weighted by Crippen LogP contribution is -2.53. The quantitative estimate of drug-likeness (QED) is 0.893. The van der Waals surface area contributed by atoms with E-state index in [1.807, 2.05) is 11.3 Å². The van der Waals surface area contributed by atoms with E-state index in [9.17, 15) is 0 Å². The molecule has 2 atom stereocenters. The van der Waals surface area contributed by atoms with Gasteiger partial charge in [0.15, 0.2) is 0 Å². The molecular formula is C14H25N3S. The lowest BCUT2D eigenvalue weighted by Gasteiger charge is -2.36. The minimum Gasteiger partial charge on any atom is -0.311 e. The van der Waals surface area contributed by atoms with Crippen molar-refractivity contribution in [2.24, 2.45) is 0 Å². The van der Waals surface area contributed by atoms with E-state index >= 15 is 0 Å². The third-order valence-corrected chi connectivity index (χ3v) is 4.93. The molecule has 0 aliphatic carbocycles. The molecule has 2 heterocycles. The van der Waals surface area contributed by atoms with Crippen LogP contribution in [0.25, 0.3) is 0 Å². The molecule has 1 aromatic rings. The third kappa shape index (κ3) is 3.31. The first-order valence-electron chi connectivity index (χ1n) is 6.79. The van der Waals surface area contributed by atoms with E-state index in [2.05, 4.69) is 56.0 Å². The summed E-state index contributed by atoms with van der Waals surface area (Å²) in [6, 6.07) is 1.19. The first-order chi connectivity index (χ1) is 8.36. The van der Waals surface area contributed by atoms with Crippen molar-refractivity contribution in [1.29, 1.82) is 0 Å². The highest BCUT2D eigenvalue weighted by atomic mass is 32.1. The zero-order valence-electron chi connectivity index (χ0n) is 12.2. The summed E-state index contributed by atoms with van der Waals surface area (Å²) in [6.07, 6.45) is 2.05. The standard InChI is InChI=1S/C14H25N3S/c1-10-8-17(11(2)6-15-10)9-13-16-7-12(18-13)14(3,4)5/h7,10-11,15H,6,8-9H2,1-5H3. The molecule has 18 heavy (non-hydrogen) atoms. The van der Waals surface area contributed by atoms with E-state index in [4.69, 9.17) is 0 Å². The normalized spacial score (nSPS) is 26.5. The average Bonchev–Trinajstić information content (AvgIpc) is 2.71. The van der Waals surface area contributed by atoms with Gasteiger partial charge in [0.25, 0.3) is 0 Å². The minimum atomic E-state index is 0.221. The van der Waals surface area contributed by atoms with E-state index in [1.165, 1.54) is 9.88 Å². The number of thiazole rings is 1. The third-order valence-electron chi connectivity index (χ3n) is 3.52. The van der Waals surface area contributed by atoms with Gasteiger partial charge in [-0.05, 0) is 19.3 Å². The molecule has 1 fully saturated rings. The van der Waals surface area contributed by atoms with Crippen molar-refractivity contribution in [3.8, 4) is 0 Å². The maximum Gasteiger partial charge on any atom is 0.107 e. The number of hydrogen-bond donors (Lipinski definition) is 1. The highest BCUT2D eigenvalue weighted by Gasteiger charge is 2.24. The van der Waals surface area contributed by atoms with Crippen LogP contribution < -0.4 is 5.32 Å². The molecule has 0 amide bonds. The molecule has 2 unspecified atom stereocenters. The van der Waals surface area contributed by atoms with E-state index in [1.54, 1.807) is 0 Å². The van der Waals surface area contributed by atoms with E-state index in [0.29, 0.717) is 12.1 Å².